The number of hydrogen-bond donors (Lipinski definition) is 0. The molecule has 2 atom stereocenters. The van der Waals surface area contributed by atoms with Gasteiger partial charge in [0, 0.05) is 18.8 Å². The molecule has 0 spiro atoms. The van der Waals surface area contributed by atoms with Crippen molar-refractivity contribution in [2.45, 2.75) is 27.2 Å². The third-order valence-corrected chi connectivity index (χ3v) is 4.44. The van der Waals surface area contributed by atoms with Crippen molar-refractivity contribution < 1.29 is 9.53 Å². The van der Waals surface area contributed by atoms with E-state index < -0.39 is 0 Å². The SMILES string of the molecule is CC1=C(C(=O)N2CC(C)CC(C)C2)SCCO1. The summed E-state index contributed by atoms with van der Waals surface area (Å²) in [6.07, 6.45) is 1.23. The lowest BCUT2D eigenvalue weighted by molar-refractivity contribution is -0.129. The summed E-state index contributed by atoms with van der Waals surface area (Å²) < 4.78 is 5.47. The highest BCUT2D eigenvalue weighted by Crippen LogP contribution is 2.30. The van der Waals surface area contributed by atoms with Gasteiger partial charge >= 0.3 is 0 Å². The molecule has 0 aromatic carbocycles. The van der Waals surface area contributed by atoms with Gasteiger partial charge in [-0.05, 0) is 25.2 Å². The standard InChI is InChI=1S/C13H21NO2S/c1-9-6-10(2)8-14(7-9)13(15)12-11(3)16-4-5-17-12/h9-10H,4-8H2,1-3H3. The van der Waals surface area contributed by atoms with Crippen molar-refractivity contribution in [3.8, 4) is 0 Å². The highest BCUT2D eigenvalue weighted by Gasteiger charge is 2.29. The van der Waals surface area contributed by atoms with Crippen LogP contribution in [0.3, 0.4) is 0 Å². The molecule has 2 aliphatic rings. The Kier molecular flexibility index (Phi) is 4.02. The molecule has 2 heterocycles. The summed E-state index contributed by atoms with van der Waals surface area (Å²) in [6, 6.07) is 0. The molecule has 0 N–H and O–H groups in total. The average Bonchev–Trinajstić information content (AvgIpc) is 2.27. The molecule has 0 saturated carbocycles. The van der Waals surface area contributed by atoms with Crippen molar-refractivity contribution in [3.05, 3.63) is 10.7 Å². The van der Waals surface area contributed by atoms with E-state index in [0.29, 0.717) is 11.8 Å². The van der Waals surface area contributed by atoms with Crippen molar-refractivity contribution in [2.75, 3.05) is 25.4 Å². The number of nitrogens with zero attached hydrogens (tertiary/aromatic N) is 1. The van der Waals surface area contributed by atoms with Crippen LogP contribution in [0.1, 0.15) is 27.2 Å². The smallest absolute Gasteiger partial charge is 0.263 e. The van der Waals surface area contributed by atoms with Gasteiger partial charge in [0.2, 0.25) is 0 Å². The molecule has 4 heteroatoms. The summed E-state index contributed by atoms with van der Waals surface area (Å²) in [5.41, 5.74) is 0. The monoisotopic (exact) mass is 255 g/mol. The van der Waals surface area contributed by atoms with E-state index in [-0.39, 0.29) is 5.91 Å². The predicted octanol–water partition coefficient (Wildman–Crippen LogP) is 2.49. The van der Waals surface area contributed by atoms with Crippen molar-refractivity contribution >= 4 is 17.7 Å². The maximum atomic E-state index is 12.4. The molecule has 1 amide bonds. The van der Waals surface area contributed by atoms with Gasteiger partial charge in [0.25, 0.3) is 5.91 Å². The van der Waals surface area contributed by atoms with E-state index >= 15 is 0 Å². The molecule has 0 aromatic heterocycles. The van der Waals surface area contributed by atoms with Crippen LogP contribution in [-0.2, 0) is 9.53 Å². The minimum atomic E-state index is 0.172. The van der Waals surface area contributed by atoms with Gasteiger partial charge in [0.05, 0.1) is 6.61 Å². The summed E-state index contributed by atoms with van der Waals surface area (Å²) in [6.45, 7) is 8.85. The van der Waals surface area contributed by atoms with Gasteiger partial charge in [-0.2, -0.15) is 0 Å². The fourth-order valence-corrected chi connectivity index (χ4v) is 3.58. The summed E-state index contributed by atoms with van der Waals surface area (Å²) in [5.74, 6) is 3.08. The summed E-state index contributed by atoms with van der Waals surface area (Å²) >= 11 is 1.64. The van der Waals surface area contributed by atoms with Crippen molar-refractivity contribution in [2.24, 2.45) is 11.8 Å². The summed E-state index contributed by atoms with van der Waals surface area (Å²) in [7, 11) is 0. The molecule has 0 bridgehead atoms. The number of hydrogen-bond acceptors (Lipinski definition) is 3. The molecule has 0 aliphatic carbocycles. The molecule has 2 aliphatic heterocycles. The van der Waals surface area contributed by atoms with Crippen LogP contribution in [0, 0.1) is 11.8 Å². The van der Waals surface area contributed by atoms with Crippen LogP contribution in [0.15, 0.2) is 10.7 Å². The van der Waals surface area contributed by atoms with Gasteiger partial charge in [-0.15, -0.1) is 11.8 Å². The summed E-state index contributed by atoms with van der Waals surface area (Å²) in [4.78, 5) is 15.2. The average molecular weight is 255 g/mol. The van der Waals surface area contributed by atoms with Crippen LogP contribution in [0.2, 0.25) is 0 Å². The number of thioether (sulfide) groups is 1. The number of amides is 1. The molecule has 2 unspecified atom stereocenters. The molecular weight excluding hydrogens is 234 g/mol. The Labute approximate surface area is 108 Å². The first-order valence-corrected chi connectivity index (χ1v) is 7.32. The molecule has 0 radical (unpaired) electrons. The maximum Gasteiger partial charge on any atom is 0.263 e. The normalized spacial score (nSPS) is 30.2. The Balaban J connectivity index is 2.09. The number of likely N-dealkylation sites (tertiary alicyclic amines) is 1. The highest BCUT2D eigenvalue weighted by atomic mass is 32.2. The zero-order chi connectivity index (χ0) is 12.4. The van der Waals surface area contributed by atoms with Crippen molar-refractivity contribution in [1.29, 1.82) is 0 Å². The Morgan fingerprint density at radius 2 is 2.00 bits per heavy atom. The van der Waals surface area contributed by atoms with Gasteiger partial charge in [0.15, 0.2) is 0 Å². The van der Waals surface area contributed by atoms with Gasteiger partial charge in [-0.25, -0.2) is 0 Å². The second kappa shape index (κ2) is 5.34. The molecule has 17 heavy (non-hydrogen) atoms. The number of piperidine rings is 1. The van der Waals surface area contributed by atoms with E-state index in [1.165, 1.54) is 6.42 Å². The molecule has 1 fully saturated rings. The zero-order valence-electron chi connectivity index (χ0n) is 10.9. The maximum absolute atomic E-state index is 12.4. The lowest BCUT2D eigenvalue weighted by Crippen LogP contribution is -2.43. The quantitative estimate of drug-likeness (QED) is 0.721. The molecule has 0 aromatic rings. The van der Waals surface area contributed by atoms with E-state index in [2.05, 4.69) is 13.8 Å². The lowest BCUT2D eigenvalue weighted by atomic mass is 9.92. The van der Waals surface area contributed by atoms with E-state index in [1.807, 2.05) is 11.8 Å². The van der Waals surface area contributed by atoms with E-state index in [1.54, 1.807) is 11.8 Å². The van der Waals surface area contributed by atoms with E-state index in [0.717, 1.165) is 36.1 Å². The fraction of sp³-hybridized carbons (Fsp3) is 0.769. The highest BCUT2D eigenvalue weighted by molar-refractivity contribution is 8.04. The Bertz CT molecular complexity index is 330. The minimum Gasteiger partial charge on any atom is -0.496 e. The van der Waals surface area contributed by atoms with Crippen LogP contribution >= 0.6 is 11.8 Å². The van der Waals surface area contributed by atoms with Crippen LogP contribution in [0.25, 0.3) is 0 Å². The first kappa shape index (κ1) is 12.8. The number of rotatable bonds is 1. The number of carbonyl (C=O) groups excluding carboxylic acids is 1. The van der Waals surface area contributed by atoms with Gasteiger partial charge in [0.1, 0.15) is 10.7 Å². The molecule has 2 rings (SSSR count). The molecule has 3 nitrogen and oxygen atoms in total. The van der Waals surface area contributed by atoms with Crippen molar-refractivity contribution in [1.82, 2.24) is 4.90 Å². The third kappa shape index (κ3) is 2.97. The van der Waals surface area contributed by atoms with Crippen LogP contribution in [-0.4, -0.2) is 36.3 Å². The second-order valence-corrected chi connectivity index (χ2v) is 6.34. The van der Waals surface area contributed by atoms with Crippen LogP contribution in [0.4, 0.5) is 0 Å². The first-order chi connectivity index (χ1) is 8.08. The van der Waals surface area contributed by atoms with Crippen LogP contribution < -0.4 is 0 Å². The predicted molar refractivity (Wildman–Crippen MR) is 70.6 cm³/mol. The lowest BCUT2D eigenvalue weighted by Gasteiger charge is -2.36. The first-order valence-electron chi connectivity index (χ1n) is 6.33. The topological polar surface area (TPSA) is 29.5 Å². The Hall–Kier alpha value is -0.640. The molecular formula is C13H21NO2S. The summed E-state index contributed by atoms with van der Waals surface area (Å²) in [5, 5.41) is 0. The third-order valence-electron chi connectivity index (χ3n) is 3.32. The van der Waals surface area contributed by atoms with Gasteiger partial charge < -0.3 is 9.64 Å². The van der Waals surface area contributed by atoms with Gasteiger partial charge in [-0.3, -0.25) is 4.79 Å². The van der Waals surface area contributed by atoms with Crippen LogP contribution in [0.5, 0.6) is 0 Å². The largest absolute Gasteiger partial charge is 0.496 e. The molecule has 1 saturated heterocycles. The minimum absolute atomic E-state index is 0.172. The number of allylic oxidation sites excluding steroid dienone is 1. The number of ether oxygens (including phenoxy) is 1. The second-order valence-electron chi connectivity index (χ2n) is 5.24. The van der Waals surface area contributed by atoms with Crippen molar-refractivity contribution in [3.63, 3.8) is 0 Å². The Morgan fingerprint density at radius 1 is 1.35 bits per heavy atom. The van der Waals surface area contributed by atoms with E-state index in [9.17, 15) is 4.79 Å². The van der Waals surface area contributed by atoms with E-state index in [4.69, 9.17) is 4.74 Å². The Morgan fingerprint density at radius 3 is 2.59 bits per heavy atom. The zero-order valence-corrected chi connectivity index (χ0v) is 11.7. The molecule has 96 valence electrons. The number of carbonyl (C=O) groups is 1. The van der Waals surface area contributed by atoms with Gasteiger partial charge in [-0.1, -0.05) is 13.8 Å². The fourth-order valence-electron chi connectivity index (χ4n) is 2.69.